The Hall–Kier alpha value is -0.940. The van der Waals surface area contributed by atoms with Crippen LogP contribution in [-0.4, -0.2) is 52.9 Å². The molecule has 1 aromatic rings. The maximum atomic E-state index is 12.9. The lowest BCUT2D eigenvalue weighted by atomic mass is 10.0. The molecule has 0 saturated carbocycles. The summed E-state index contributed by atoms with van der Waals surface area (Å²) in [4.78, 5) is 22.9. The zero-order valence-electron chi connectivity index (χ0n) is 13.3. The van der Waals surface area contributed by atoms with Crippen LogP contribution in [0.4, 0.5) is 0 Å². The van der Waals surface area contributed by atoms with Crippen molar-refractivity contribution in [3.05, 3.63) is 15.6 Å². The van der Waals surface area contributed by atoms with E-state index in [-0.39, 0.29) is 5.91 Å². The Labute approximate surface area is 131 Å². The van der Waals surface area contributed by atoms with Crippen molar-refractivity contribution in [1.29, 1.82) is 0 Å². The second-order valence-electron chi connectivity index (χ2n) is 6.27. The maximum Gasteiger partial charge on any atom is 0.266 e. The molecule has 4 nitrogen and oxygen atoms in total. The zero-order chi connectivity index (χ0) is 15.0. The van der Waals surface area contributed by atoms with E-state index < -0.39 is 0 Å². The first-order valence-electron chi connectivity index (χ1n) is 8.09. The number of likely N-dealkylation sites (N-methyl/N-ethyl adjacent to an activating group) is 1. The lowest BCUT2D eigenvalue weighted by Gasteiger charge is -2.33. The molecule has 0 spiro atoms. The molecule has 3 rings (SSSR count). The monoisotopic (exact) mass is 307 g/mol. The number of amides is 1. The van der Waals surface area contributed by atoms with E-state index in [0.717, 1.165) is 41.4 Å². The van der Waals surface area contributed by atoms with Crippen molar-refractivity contribution in [3.8, 4) is 0 Å². The minimum Gasteiger partial charge on any atom is -0.333 e. The van der Waals surface area contributed by atoms with Crippen molar-refractivity contribution in [3.63, 3.8) is 0 Å². The Balaban J connectivity index is 1.81. The van der Waals surface area contributed by atoms with Crippen LogP contribution in [0.5, 0.6) is 0 Å². The number of likely N-dealkylation sites (tertiary alicyclic amines) is 2. The van der Waals surface area contributed by atoms with Gasteiger partial charge in [-0.25, -0.2) is 4.98 Å². The van der Waals surface area contributed by atoms with Crippen LogP contribution in [0.25, 0.3) is 0 Å². The molecule has 21 heavy (non-hydrogen) atoms. The van der Waals surface area contributed by atoms with E-state index in [1.54, 1.807) is 11.3 Å². The Morgan fingerprint density at radius 3 is 2.62 bits per heavy atom. The summed E-state index contributed by atoms with van der Waals surface area (Å²) in [6.07, 6.45) is 5.69. The molecule has 0 N–H and O–H groups in total. The summed E-state index contributed by atoms with van der Waals surface area (Å²) in [5.74, 6) is 0.215. The lowest BCUT2D eigenvalue weighted by Crippen LogP contribution is -2.47. The summed E-state index contributed by atoms with van der Waals surface area (Å²) in [6.45, 7) is 6.14. The van der Waals surface area contributed by atoms with E-state index in [2.05, 4.69) is 28.8 Å². The smallest absolute Gasteiger partial charge is 0.266 e. The molecule has 116 valence electrons. The van der Waals surface area contributed by atoms with Gasteiger partial charge in [0.05, 0.1) is 10.7 Å². The van der Waals surface area contributed by atoms with Gasteiger partial charge in [-0.2, -0.15) is 0 Å². The van der Waals surface area contributed by atoms with Crippen LogP contribution in [-0.2, 0) is 6.42 Å². The van der Waals surface area contributed by atoms with Gasteiger partial charge < -0.3 is 9.80 Å². The Kier molecular flexibility index (Phi) is 4.31. The number of aromatic nitrogens is 1. The molecule has 0 radical (unpaired) electrons. The quantitative estimate of drug-likeness (QED) is 0.861. The molecule has 0 aliphatic carbocycles. The molecule has 3 heterocycles. The summed E-state index contributed by atoms with van der Waals surface area (Å²) in [7, 11) is 2.20. The first kappa shape index (κ1) is 15.0. The van der Waals surface area contributed by atoms with Crippen molar-refractivity contribution < 1.29 is 4.79 Å². The Bertz CT molecular complexity index is 528. The summed E-state index contributed by atoms with van der Waals surface area (Å²) in [6, 6.07) is 0.951. The second-order valence-corrected chi connectivity index (χ2v) is 7.36. The molecule has 2 fully saturated rings. The zero-order valence-corrected chi connectivity index (χ0v) is 14.1. The van der Waals surface area contributed by atoms with Crippen molar-refractivity contribution >= 4 is 17.2 Å². The predicted molar refractivity (Wildman–Crippen MR) is 85.9 cm³/mol. The Morgan fingerprint density at radius 1 is 1.29 bits per heavy atom. The fraction of sp³-hybridized carbons (Fsp3) is 0.750. The van der Waals surface area contributed by atoms with Crippen LogP contribution in [0.15, 0.2) is 0 Å². The first-order chi connectivity index (χ1) is 10.1. The molecule has 1 amide bonds. The molecule has 0 unspecified atom stereocenters. The normalized spacial score (nSPS) is 26.7. The highest BCUT2D eigenvalue weighted by molar-refractivity contribution is 7.13. The van der Waals surface area contributed by atoms with Crippen LogP contribution in [0.2, 0.25) is 0 Å². The predicted octanol–water partition coefficient (Wildman–Crippen LogP) is 2.71. The fourth-order valence-electron chi connectivity index (χ4n) is 3.80. The standard InChI is InChI=1S/C16H25N3OS/c1-4-14-17-11(2)15(21-14)16(20)19-10-6-8-13(19)12-7-5-9-18(12)3/h12-13H,4-10H2,1-3H3/t12-,13+/m0/s1. The van der Waals surface area contributed by atoms with Gasteiger partial charge in [0, 0.05) is 18.6 Å². The summed E-state index contributed by atoms with van der Waals surface area (Å²) >= 11 is 1.58. The van der Waals surface area contributed by atoms with E-state index in [9.17, 15) is 4.79 Å². The average Bonchev–Trinajstić information content (AvgIpc) is 3.16. The number of aryl methyl sites for hydroxylation is 2. The maximum absolute atomic E-state index is 12.9. The molecule has 2 aliphatic heterocycles. The highest BCUT2D eigenvalue weighted by Crippen LogP contribution is 2.31. The number of carbonyl (C=O) groups is 1. The highest BCUT2D eigenvalue weighted by Gasteiger charge is 2.39. The van der Waals surface area contributed by atoms with Gasteiger partial charge in [0.15, 0.2) is 0 Å². The third-order valence-corrected chi connectivity index (χ3v) is 6.21. The number of rotatable bonds is 3. The number of carbonyl (C=O) groups excluding carboxylic acids is 1. The third-order valence-electron chi connectivity index (χ3n) is 4.92. The molecule has 0 aromatic carbocycles. The SMILES string of the molecule is CCc1nc(C)c(C(=O)N2CCC[C@@H]2[C@@H]2CCCN2C)s1. The number of hydrogen-bond donors (Lipinski definition) is 0. The van der Waals surface area contributed by atoms with E-state index in [0.29, 0.717) is 12.1 Å². The molecule has 1 aromatic heterocycles. The van der Waals surface area contributed by atoms with Gasteiger partial charge in [-0.05, 0) is 52.6 Å². The first-order valence-corrected chi connectivity index (χ1v) is 8.91. The molecule has 0 bridgehead atoms. The third kappa shape index (κ3) is 2.73. The van der Waals surface area contributed by atoms with Crippen LogP contribution >= 0.6 is 11.3 Å². The van der Waals surface area contributed by atoms with Gasteiger partial charge in [-0.3, -0.25) is 4.79 Å². The summed E-state index contributed by atoms with van der Waals surface area (Å²) in [5, 5.41) is 1.07. The van der Waals surface area contributed by atoms with Crippen molar-refractivity contribution in [2.45, 2.75) is 58.0 Å². The van der Waals surface area contributed by atoms with Gasteiger partial charge in [-0.1, -0.05) is 6.92 Å². The molecular weight excluding hydrogens is 282 g/mol. The Morgan fingerprint density at radius 2 is 2.00 bits per heavy atom. The van der Waals surface area contributed by atoms with Crippen LogP contribution < -0.4 is 0 Å². The van der Waals surface area contributed by atoms with Crippen LogP contribution in [0.1, 0.15) is 53.0 Å². The molecule has 2 atom stereocenters. The number of nitrogens with zero attached hydrogens (tertiary/aromatic N) is 3. The highest BCUT2D eigenvalue weighted by atomic mass is 32.1. The van der Waals surface area contributed by atoms with Gasteiger partial charge in [0.2, 0.25) is 0 Å². The largest absolute Gasteiger partial charge is 0.333 e. The van der Waals surface area contributed by atoms with E-state index >= 15 is 0 Å². The number of hydrogen-bond acceptors (Lipinski definition) is 4. The number of thiazole rings is 1. The fourth-order valence-corrected chi connectivity index (χ4v) is 4.76. The van der Waals surface area contributed by atoms with Crippen LogP contribution in [0.3, 0.4) is 0 Å². The van der Waals surface area contributed by atoms with E-state index in [1.165, 1.54) is 19.4 Å². The van der Waals surface area contributed by atoms with Crippen molar-refractivity contribution in [1.82, 2.24) is 14.8 Å². The van der Waals surface area contributed by atoms with Crippen LogP contribution in [0, 0.1) is 6.92 Å². The summed E-state index contributed by atoms with van der Waals surface area (Å²) < 4.78 is 0. The van der Waals surface area contributed by atoms with Crippen molar-refractivity contribution in [2.75, 3.05) is 20.1 Å². The topological polar surface area (TPSA) is 36.4 Å². The molecule has 2 saturated heterocycles. The van der Waals surface area contributed by atoms with Gasteiger partial charge >= 0.3 is 0 Å². The average molecular weight is 307 g/mol. The van der Waals surface area contributed by atoms with E-state index in [4.69, 9.17) is 0 Å². The van der Waals surface area contributed by atoms with Gasteiger partial charge in [0.25, 0.3) is 5.91 Å². The van der Waals surface area contributed by atoms with Gasteiger partial charge in [0.1, 0.15) is 4.88 Å². The lowest BCUT2D eigenvalue weighted by molar-refractivity contribution is 0.0668. The molecule has 5 heteroatoms. The van der Waals surface area contributed by atoms with Crippen molar-refractivity contribution in [2.24, 2.45) is 0 Å². The minimum absolute atomic E-state index is 0.215. The second kappa shape index (κ2) is 6.05. The van der Waals surface area contributed by atoms with Gasteiger partial charge in [-0.15, -0.1) is 11.3 Å². The molecule has 2 aliphatic rings. The van der Waals surface area contributed by atoms with E-state index in [1.807, 2.05) is 6.92 Å². The molecular formula is C16H25N3OS. The minimum atomic E-state index is 0.215. The summed E-state index contributed by atoms with van der Waals surface area (Å²) in [5.41, 5.74) is 0.910.